The molecule has 0 heterocycles. The van der Waals surface area contributed by atoms with Gasteiger partial charge in [0.1, 0.15) is 5.75 Å². The van der Waals surface area contributed by atoms with Gasteiger partial charge in [-0.2, -0.15) is 0 Å². The number of rotatable bonds is 2. The van der Waals surface area contributed by atoms with Crippen LogP contribution >= 0.6 is 0 Å². The van der Waals surface area contributed by atoms with Gasteiger partial charge in [0.05, 0.1) is 16.1 Å². The highest BCUT2D eigenvalue weighted by Gasteiger charge is 2.46. The summed E-state index contributed by atoms with van der Waals surface area (Å²) in [5.74, 6) is -0.0640. The summed E-state index contributed by atoms with van der Waals surface area (Å²) in [5, 5.41) is 29.5. The van der Waals surface area contributed by atoms with Crippen molar-refractivity contribution in [1.29, 1.82) is 0 Å². The summed E-state index contributed by atoms with van der Waals surface area (Å²) in [7, 11) is 0. The zero-order valence-corrected chi connectivity index (χ0v) is 7.30. The molecule has 2 rings (SSSR count). The van der Waals surface area contributed by atoms with Crippen molar-refractivity contribution < 1.29 is 15.1 Å². The van der Waals surface area contributed by atoms with Crippen LogP contribution in [0.5, 0.6) is 5.75 Å². The Bertz CT molecular complexity index is 398. The highest BCUT2D eigenvalue weighted by molar-refractivity contribution is 5.49. The fourth-order valence-corrected chi connectivity index (χ4v) is 1.44. The number of benzene rings is 1. The van der Waals surface area contributed by atoms with Gasteiger partial charge in [-0.15, -0.1) is 0 Å². The van der Waals surface area contributed by atoms with E-state index in [1.54, 1.807) is 0 Å². The van der Waals surface area contributed by atoms with E-state index in [1.165, 1.54) is 18.2 Å². The molecule has 0 aromatic heterocycles. The Balaban J connectivity index is 2.54. The van der Waals surface area contributed by atoms with Crippen molar-refractivity contribution >= 4 is 5.69 Å². The molecule has 0 bridgehead atoms. The lowest BCUT2D eigenvalue weighted by atomic mass is 10.1. The van der Waals surface area contributed by atoms with Crippen LogP contribution in [0.2, 0.25) is 0 Å². The van der Waals surface area contributed by atoms with Gasteiger partial charge in [0.15, 0.2) is 0 Å². The van der Waals surface area contributed by atoms with Crippen molar-refractivity contribution in [3.8, 4) is 5.75 Å². The molecule has 1 aliphatic carbocycles. The molecule has 0 unspecified atom stereocenters. The first-order chi connectivity index (χ1) is 6.53. The summed E-state index contributed by atoms with van der Waals surface area (Å²) < 4.78 is 0. The quantitative estimate of drug-likeness (QED) is 0.550. The molecule has 1 aliphatic rings. The SMILES string of the molecule is O=[N+]([O-])c1ccc(O)cc1C1(O)CC1. The number of hydrogen-bond donors (Lipinski definition) is 2. The van der Waals surface area contributed by atoms with Crippen LogP contribution in [-0.2, 0) is 5.60 Å². The van der Waals surface area contributed by atoms with Gasteiger partial charge in [-0.05, 0) is 25.0 Å². The van der Waals surface area contributed by atoms with E-state index < -0.39 is 10.5 Å². The van der Waals surface area contributed by atoms with Gasteiger partial charge in [-0.25, -0.2) is 0 Å². The minimum Gasteiger partial charge on any atom is -0.508 e. The molecular weight excluding hydrogens is 186 g/mol. The number of aromatic hydroxyl groups is 1. The van der Waals surface area contributed by atoms with Crippen LogP contribution in [0.25, 0.3) is 0 Å². The summed E-state index contributed by atoms with van der Waals surface area (Å²) >= 11 is 0. The zero-order valence-electron chi connectivity index (χ0n) is 7.30. The minimum absolute atomic E-state index is 0.0640. The van der Waals surface area contributed by atoms with Gasteiger partial charge >= 0.3 is 0 Å². The van der Waals surface area contributed by atoms with Gasteiger partial charge in [0.25, 0.3) is 5.69 Å². The van der Waals surface area contributed by atoms with Crippen molar-refractivity contribution in [2.24, 2.45) is 0 Å². The number of phenols is 1. The van der Waals surface area contributed by atoms with E-state index in [4.69, 9.17) is 0 Å². The molecule has 0 radical (unpaired) electrons. The Labute approximate surface area is 79.8 Å². The molecule has 14 heavy (non-hydrogen) atoms. The van der Waals surface area contributed by atoms with Crippen LogP contribution in [-0.4, -0.2) is 15.1 Å². The molecule has 1 aromatic carbocycles. The molecule has 0 atom stereocenters. The number of aliphatic hydroxyl groups is 1. The Morgan fingerprint density at radius 1 is 1.43 bits per heavy atom. The molecule has 5 nitrogen and oxygen atoms in total. The second kappa shape index (κ2) is 2.68. The van der Waals surface area contributed by atoms with Crippen LogP contribution in [0, 0.1) is 10.1 Å². The molecule has 0 saturated heterocycles. The summed E-state index contributed by atoms with van der Waals surface area (Å²) in [4.78, 5) is 10.1. The lowest BCUT2D eigenvalue weighted by molar-refractivity contribution is -0.386. The fraction of sp³-hybridized carbons (Fsp3) is 0.333. The van der Waals surface area contributed by atoms with Gasteiger partial charge in [-0.3, -0.25) is 10.1 Å². The first kappa shape index (κ1) is 8.96. The van der Waals surface area contributed by atoms with Crippen LogP contribution in [0.4, 0.5) is 5.69 Å². The van der Waals surface area contributed by atoms with E-state index in [-0.39, 0.29) is 17.0 Å². The maximum atomic E-state index is 10.6. The zero-order chi connectivity index (χ0) is 10.3. The number of nitro groups is 1. The lowest BCUT2D eigenvalue weighted by Crippen LogP contribution is -2.07. The third-order valence-electron chi connectivity index (χ3n) is 2.40. The Hall–Kier alpha value is -1.62. The topological polar surface area (TPSA) is 83.6 Å². The second-order valence-corrected chi connectivity index (χ2v) is 3.49. The number of hydrogen-bond acceptors (Lipinski definition) is 4. The average Bonchev–Trinajstić information content (AvgIpc) is 2.84. The first-order valence-corrected chi connectivity index (χ1v) is 4.23. The molecule has 0 spiro atoms. The van der Waals surface area contributed by atoms with E-state index in [1.807, 2.05) is 0 Å². The second-order valence-electron chi connectivity index (χ2n) is 3.49. The fourth-order valence-electron chi connectivity index (χ4n) is 1.44. The average molecular weight is 195 g/mol. The predicted molar refractivity (Wildman–Crippen MR) is 47.9 cm³/mol. The first-order valence-electron chi connectivity index (χ1n) is 4.23. The minimum atomic E-state index is -1.10. The largest absolute Gasteiger partial charge is 0.508 e. The van der Waals surface area contributed by atoms with Gasteiger partial charge in [-0.1, -0.05) is 0 Å². The Morgan fingerprint density at radius 3 is 2.57 bits per heavy atom. The standard InChI is InChI=1S/C9H9NO4/c11-6-1-2-8(10(13)14)7(5-6)9(12)3-4-9/h1-2,5,11-12H,3-4H2. The molecule has 0 aliphatic heterocycles. The highest BCUT2D eigenvalue weighted by Crippen LogP contribution is 2.49. The number of phenolic OH excluding ortho intramolecular Hbond substituents is 1. The Kier molecular flexibility index (Phi) is 1.72. The van der Waals surface area contributed by atoms with Crippen molar-refractivity contribution in [2.45, 2.75) is 18.4 Å². The molecule has 5 heteroatoms. The normalized spacial score (nSPS) is 17.8. The van der Waals surface area contributed by atoms with Crippen LogP contribution in [0.1, 0.15) is 18.4 Å². The van der Waals surface area contributed by atoms with E-state index in [2.05, 4.69) is 0 Å². The molecule has 0 amide bonds. The third kappa shape index (κ3) is 1.31. The summed E-state index contributed by atoms with van der Waals surface area (Å²) in [6, 6.07) is 3.71. The van der Waals surface area contributed by atoms with E-state index in [9.17, 15) is 20.3 Å². The van der Waals surface area contributed by atoms with E-state index in [0.717, 1.165) is 0 Å². The van der Waals surface area contributed by atoms with Crippen LogP contribution < -0.4 is 0 Å². The van der Waals surface area contributed by atoms with Gasteiger partial charge in [0.2, 0.25) is 0 Å². The van der Waals surface area contributed by atoms with Crippen LogP contribution in [0.3, 0.4) is 0 Å². The molecule has 74 valence electrons. The van der Waals surface area contributed by atoms with Crippen molar-refractivity contribution in [3.63, 3.8) is 0 Å². The highest BCUT2D eigenvalue weighted by atomic mass is 16.6. The molecule has 1 saturated carbocycles. The van der Waals surface area contributed by atoms with E-state index in [0.29, 0.717) is 12.8 Å². The van der Waals surface area contributed by atoms with Crippen molar-refractivity contribution in [3.05, 3.63) is 33.9 Å². The van der Waals surface area contributed by atoms with Crippen LogP contribution in [0.15, 0.2) is 18.2 Å². The summed E-state index contributed by atoms with van der Waals surface area (Å²) in [5.41, 5.74) is -1.02. The van der Waals surface area contributed by atoms with Gasteiger partial charge < -0.3 is 10.2 Å². The molecule has 1 fully saturated rings. The monoisotopic (exact) mass is 195 g/mol. The summed E-state index contributed by atoms with van der Waals surface area (Å²) in [6.07, 6.45) is 1.02. The molecule has 1 aromatic rings. The number of nitrogens with zero attached hydrogens (tertiary/aromatic N) is 1. The van der Waals surface area contributed by atoms with Crippen molar-refractivity contribution in [1.82, 2.24) is 0 Å². The summed E-state index contributed by atoms with van der Waals surface area (Å²) in [6.45, 7) is 0. The number of nitro benzene ring substituents is 1. The Morgan fingerprint density at radius 2 is 2.07 bits per heavy atom. The van der Waals surface area contributed by atoms with E-state index >= 15 is 0 Å². The maximum Gasteiger partial charge on any atom is 0.275 e. The molecule has 2 N–H and O–H groups in total. The smallest absolute Gasteiger partial charge is 0.275 e. The predicted octanol–water partition coefficient (Wildman–Crippen LogP) is 1.28. The van der Waals surface area contributed by atoms with Crippen molar-refractivity contribution in [2.75, 3.05) is 0 Å². The third-order valence-corrected chi connectivity index (χ3v) is 2.40. The van der Waals surface area contributed by atoms with Gasteiger partial charge in [0, 0.05) is 6.07 Å². The lowest BCUT2D eigenvalue weighted by Gasteiger charge is -2.08. The molecular formula is C9H9NO4. The maximum absolute atomic E-state index is 10.6.